The Morgan fingerprint density at radius 2 is 2.15 bits per heavy atom. The standard InChI is InChI=1S/C15H17NO4/c1-3-15(18)16-10-4-6-12(14(8-10)19-2)13-7-5-11(9-17)20-13/h4-8,17H,3,9H2,1-2H3,(H,16,18). The summed E-state index contributed by atoms with van der Waals surface area (Å²) in [6.07, 6.45) is 0.419. The summed E-state index contributed by atoms with van der Waals surface area (Å²) < 4.78 is 10.8. The van der Waals surface area contributed by atoms with Gasteiger partial charge in [0.15, 0.2) is 0 Å². The number of carbonyl (C=O) groups excluding carboxylic acids is 1. The van der Waals surface area contributed by atoms with Crippen LogP contribution in [0.5, 0.6) is 5.75 Å². The number of anilines is 1. The lowest BCUT2D eigenvalue weighted by Gasteiger charge is -2.10. The zero-order valence-corrected chi connectivity index (χ0v) is 11.5. The summed E-state index contributed by atoms with van der Waals surface area (Å²) in [4.78, 5) is 11.4. The first-order valence-electron chi connectivity index (χ1n) is 6.35. The number of methoxy groups -OCH3 is 1. The molecule has 2 aromatic rings. The second-order valence-electron chi connectivity index (χ2n) is 4.24. The third kappa shape index (κ3) is 3.00. The molecule has 5 heteroatoms. The van der Waals surface area contributed by atoms with Crippen LogP contribution in [0.2, 0.25) is 0 Å². The predicted octanol–water partition coefficient (Wildman–Crippen LogP) is 2.80. The van der Waals surface area contributed by atoms with E-state index in [1.54, 1.807) is 38.3 Å². The first-order chi connectivity index (χ1) is 9.67. The van der Waals surface area contributed by atoms with E-state index in [0.717, 1.165) is 5.56 Å². The van der Waals surface area contributed by atoms with Gasteiger partial charge in [0.05, 0.1) is 12.7 Å². The summed E-state index contributed by atoms with van der Waals surface area (Å²) in [5.74, 6) is 1.64. The number of hydrogen-bond donors (Lipinski definition) is 2. The van der Waals surface area contributed by atoms with Gasteiger partial charge in [-0.3, -0.25) is 4.79 Å². The van der Waals surface area contributed by atoms with Crippen molar-refractivity contribution in [1.29, 1.82) is 0 Å². The second-order valence-corrected chi connectivity index (χ2v) is 4.24. The van der Waals surface area contributed by atoms with E-state index in [1.807, 2.05) is 6.07 Å². The lowest BCUT2D eigenvalue weighted by Crippen LogP contribution is -2.09. The van der Waals surface area contributed by atoms with Crippen molar-refractivity contribution in [3.8, 4) is 17.1 Å². The fraction of sp³-hybridized carbons (Fsp3) is 0.267. The largest absolute Gasteiger partial charge is 0.496 e. The molecule has 0 saturated heterocycles. The number of furan rings is 1. The normalized spacial score (nSPS) is 10.3. The van der Waals surface area contributed by atoms with Crippen LogP contribution in [0.3, 0.4) is 0 Å². The summed E-state index contributed by atoms with van der Waals surface area (Å²) in [7, 11) is 1.56. The summed E-state index contributed by atoms with van der Waals surface area (Å²) in [5.41, 5.74) is 1.44. The molecule has 0 unspecified atom stereocenters. The quantitative estimate of drug-likeness (QED) is 0.880. The van der Waals surface area contributed by atoms with Gasteiger partial charge in [-0.05, 0) is 24.3 Å². The first kappa shape index (κ1) is 14.1. The molecule has 2 N–H and O–H groups in total. The van der Waals surface area contributed by atoms with Gasteiger partial charge in [-0.2, -0.15) is 0 Å². The van der Waals surface area contributed by atoms with Gasteiger partial charge in [-0.25, -0.2) is 0 Å². The second kappa shape index (κ2) is 6.25. The third-order valence-electron chi connectivity index (χ3n) is 2.89. The van der Waals surface area contributed by atoms with Crippen LogP contribution in [-0.4, -0.2) is 18.1 Å². The molecule has 1 aromatic heterocycles. The smallest absolute Gasteiger partial charge is 0.224 e. The highest BCUT2D eigenvalue weighted by atomic mass is 16.5. The van der Waals surface area contributed by atoms with Gasteiger partial charge < -0.3 is 19.6 Å². The highest BCUT2D eigenvalue weighted by Gasteiger charge is 2.11. The topological polar surface area (TPSA) is 71.7 Å². The zero-order chi connectivity index (χ0) is 14.5. The summed E-state index contributed by atoms with van der Waals surface area (Å²) in [6.45, 7) is 1.65. The first-order valence-corrected chi connectivity index (χ1v) is 6.35. The Hall–Kier alpha value is -2.27. The molecule has 20 heavy (non-hydrogen) atoms. The van der Waals surface area contributed by atoms with Crippen LogP contribution in [-0.2, 0) is 11.4 Å². The minimum Gasteiger partial charge on any atom is -0.496 e. The molecule has 1 amide bonds. The van der Waals surface area contributed by atoms with Crippen LogP contribution in [0.15, 0.2) is 34.7 Å². The van der Waals surface area contributed by atoms with Gasteiger partial charge >= 0.3 is 0 Å². The molecule has 1 heterocycles. The Morgan fingerprint density at radius 3 is 2.75 bits per heavy atom. The molecule has 0 radical (unpaired) electrons. The fourth-order valence-electron chi connectivity index (χ4n) is 1.83. The number of rotatable bonds is 5. The molecule has 5 nitrogen and oxygen atoms in total. The number of benzene rings is 1. The van der Waals surface area contributed by atoms with Gasteiger partial charge in [-0.15, -0.1) is 0 Å². The van der Waals surface area contributed by atoms with E-state index in [9.17, 15) is 4.79 Å². The van der Waals surface area contributed by atoms with Gasteiger partial charge in [-0.1, -0.05) is 6.92 Å². The SMILES string of the molecule is CCC(=O)Nc1ccc(-c2ccc(CO)o2)c(OC)c1. The Morgan fingerprint density at radius 1 is 1.35 bits per heavy atom. The van der Waals surface area contributed by atoms with Crippen molar-refractivity contribution in [3.63, 3.8) is 0 Å². The number of hydrogen-bond acceptors (Lipinski definition) is 4. The van der Waals surface area contributed by atoms with Gasteiger partial charge in [0.25, 0.3) is 0 Å². The minimum absolute atomic E-state index is 0.0552. The average molecular weight is 275 g/mol. The summed E-state index contributed by atoms with van der Waals surface area (Å²) in [6, 6.07) is 8.82. The molecule has 1 aromatic carbocycles. The van der Waals surface area contributed by atoms with E-state index in [-0.39, 0.29) is 12.5 Å². The van der Waals surface area contributed by atoms with E-state index >= 15 is 0 Å². The maximum Gasteiger partial charge on any atom is 0.224 e. The average Bonchev–Trinajstić information content (AvgIpc) is 2.95. The van der Waals surface area contributed by atoms with E-state index in [1.165, 1.54) is 0 Å². The van der Waals surface area contributed by atoms with Crippen molar-refractivity contribution in [2.75, 3.05) is 12.4 Å². The Labute approximate surface area is 117 Å². The van der Waals surface area contributed by atoms with Gasteiger partial charge in [0.1, 0.15) is 23.9 Å². The van der Waals surface area contributed by atoms with E-state index in [0.29, 0.717) is 29.4 Å². The molecule has 2 rings (SSSR count). The Bertz CT molecular complexity index is 604. The van der Waals surface area contributed by atoms with Crippen molar-refractivity contribution in [1.82, 2.24) is 0 Å². The van der Waals surface area contributed by atoms with Crippen molar-refractivity contribution in [2.24, 2.45) is 0 Å². The molecule has 0 spiro atoms. The molecule has 0 atom stereocenters. The molecule has 0 aliphatic heterocycles. The van der Waals surface area contributed by atoms with Crippen molar-refractivity contribution in [2.45, 2.75) is 20.0 Å². The predicted molar refractivity (Wildman–Crippen MR) is 75.5 cm³/mol. The number of carbonyl (C=O) groups is 1. The number of nitrogens with one attached hydrogen (secondary N) is 1. The van der Waals surface area contributed by atoms with Crippen molar-refractivity contribution >= 4 is 11.6 Å². The minimum atomic E-state index is -0.146. The highest BCUT2D eigenvalue weighted by molar-refractivity contribution is 5.91. The highest BCUT2D eigenvalue weighted by Crippen LogP contribution is 2.33. The number of amides is 1. The molecule has 106 valence electrons. The number of aliphatic hydroxyl groups is 1. The zero-order valence-electron chi connectivity index (χ0n) is 11.5. The van der Waals surface area contributed by atoms with Crippen LogP contribution in [0.1, 0.15) is 19.1 Å². The van der Waals surface area contributed by atoms with E-state index < -0.39 is 0 Å². The van der Waals surface area contributed by atoms with Crippen LogP contribution < -0.4 is 10.1 Å². The molecular formula is C15H17NO4. The maximum absolute atomic E-state index is 11.4. The summed E-state index contributed by atoms with van der Waals surface area (Å²) in [5, 5.41) is 11.8. The molecule has 0 saturated carbocycles. The van der Waals surface area contributed by atoms with E-state index in [4.69, 9.17) is 14.3 Å². The van der Waals surface area contributed by atoms with Crippen LogP contribution in [0, 0.1) is 0 Å². The van der Waals surface area contributed by atoms with Crippen LogP contribution in [0.25, 0.3) is 11.3 Å². The molecular weight excluding hydrogens is 258 g/mol. The van der Waals surface area contributed by atoms with Crippen LogP contribution in [0.4, 0.5) is 5.69 Å². The summed E-state index contributed by atoms with van der Waals surface area (Å²) >= 11 is 0. The fourth-order valence-corrected chi connectivity index (χ4v) is 1.83. The number of ether oxygens (including phenoxy) is 1. The Kier molecular flexibility index (Phi) is 4.42. The maximum atomic E-state index is 11.4. The lowest BCUT2D eigenvalue weighted by atomic mass is 10.1. The molecule has 0 bridgehead atoms. The van der Waals surface area contributed by atoms with Crippen LogP contribution >= 0.6 is 0 Å². The van der Waals surface area contributed by atoms with E-state index in [2.05, 4.69) is 5.32 Å². The number of aliphatic hydroxyl groups excluding tert-OH is 1. The third-order valence-corrected chi connectivity index (χ3v) is 2.89. The van der Waals surface area contributed by atoms with Crippen molar-refractivity contribution in [3.05, 3.63) is 36.1 Å². The van der Waals surface area contributed by atoms with Crippen molar-refractivity contribution < 1.29 is 19.1 Å². The lowest BCUT2D eigenvalue weighted by molar-refractivity contribution is -0.115. The molecule has 0 aliphatic rings. The Balaban J connectivity index is 2.32. The monoisotopic (exact) mass is 275 g/mol. The molecule has 0 fully saturated rings. The van der Waals surface area contributed by atoms with Gasteiger partial charge in [0, 0.05) is 18.2 Å². The molecule has 0 aliphatic carbocycles. The van der Waals surface area contributed by atoms with Gasteiger partial charge in [0.2, 0.25) is 5.91 Å².